The standard InChI is InChI=1S/C25H26N2O4S/c1-17-5-9-19(10-6-17)23-16-22(20-11-14-24(30-3)25(15-20)31-4)26-27(23)32(28,29)21-12-7-18(2)8-13-21/h5-15,23H,16H2,1-4H3/t23-/m0/s1. The summed E-state index contributed by atoms with van der Waals surface area (Å²) in [7, 11) is -0.694. The summed E-state index contributed by atoms with van der Waals surface area (Å²) in [6, 6.07) is 19.8. The molecule has 1 aliphatic rings. The smallest absolute Gasteiger partial charge is 0.279 e. The quantitative estimate of drug-likeness (QED) is 0.538. The zero-order valence-electron chi connectivity index (χ0n) is 18.6. The average molecular weight is 451 g/mol. The molecule has 0 saturated carbocycles. The Labute approximate surface area is 189 Å². The summed E-state index contributed by atoms with van der Waals surface area (Å²) in [5, 5.41) is 4.61. The van der Waals surface area contributed by atoms with Crippen LogP contribution >= 0.6 is 0 Å². The summed E-state index contributed by atoms with van der Waals surface area (Å²) in [5.41, 5.74) is 4.47. The molecule has 6 nitrogen and oxygen atoms in total. The van der Waals surface area contributed by atoms with Gasteiger partial charge in [0, 0.05) is 12.0 Å². The van der Waals surface area contributed by atoms with Gasteiger partial charge in [0.25, 0.3) is 10.0 Å². The van der Waals surface area contributed by atoms with E-state index in [-0.39, 0.29) is 4.90 Å². The van der Waals surface area contributed by atoms with Crippen molar-refractivity contribution < 1.29 is 17.9 Å². The summed E-state index contributed by atoms with van der Waals surface area (Å²) in [6.07, 6.45) is 0.448. The maximum atomic E-state index is 13.6. The first-order chi connectivity index (χ1) is 15.3. The Morgan fingerprint density at radius 1 is 0.844 bits per heavy atom. The van der Waals surface area contributed by atoms with Crippen LogP contribution in [0.1, 0.15) is 34.7 Å². The highest BCUT2D eigenvalue weighted by atomic mass is 32.2. The van der Waals surface area contributed by atoms with Gasteiger partial charge in [-0.2, -0.15) is 17.9 Å². The predicted octanol–water partition coefficient (Wildman–Crippen LogP) is 4.86. The first-order valence-corrected chi connectivity index (χ1v) is 11.7. The van der Waals surface area contributed by atoms with Gasteiger partial charge in [-0.15, -0.1) is 0 Å². The van der Waals surface area contributed by atoms with Crippen molar-refractivity contribution >= 4 is 15.7 Å². The first kappa shape index (κ1) is 21.9. The number of hydrogen-bond acceptors (Lipinski definition) is 5. The van der Waals surface area contributed by atoms with Crippen molar-refractivity contribution in [3.05, 3.63) is 89.0 Å². The second kappa shape index (κ2) is 8.67. The van der Waals surface area contributed by atoms with Crippen molar-refractivity contribution in [2.45, 2.75) is 31.2 Å². The fraction of sp³-hybridized carbons (Fsp3) is 0.240. The monoisotopic (exact) mass is 450 g/mol. The molecule has 0 fully saturated rings. The molecule has 4 rings (SSSR count). The molecule has 0 aromatic heterocycles. The predicted molar refractivity (Wildman–Crippen MR) is 125 cm³/mol. The van der Waals surface area contributed by atoms with Gasteiger partial charge in [0.15, 0.2) is 11.5 Å². The van der Waals surface area contributed by atoms with E-state index in [0.29, 0.717) is 23.6 Å². The SMILES string of the molecule is COc1ccc(C2=NN(S(=O)(=O)c3ccc(C)cc3)[C@H](c3ccc(C)cc3)C2)cc1OC. The summed E-state index contributed by atoms with van der Waals surface area (Å²) in [6.45, 7) is 3.93. The lowest BCUT2D eigenvalue weighted by Crippen LogP contribution is -2.27. The van der Waals surface area contributed by atoms with Gasteiger partial charge in [0.1, 0.15) is 0 Å². The molecule has 0 radical (unpaired) electrons. The van der Waals surface area contributed by atoms with Gasteiger partial charge in [-0.3, -0.25) is 0 Å². The molecular weight excluding hydrogens is 424 g/mol. The molecule has 0 aliphatic carbocycles. The van der Waals surface area contributed by atoms with Crippen LogP contribution in [-0.4, -0.2) is 32.8 Å². The molecule has 0 spiro atoms. The van der Waals surface area contributed by atoms with Crippen molar-refractivity contribution in [3.8, 4) is 11.5 Å². The maximum Gasteiger partial charge on any atom is 0.279 e. The molecule has 0 unspecified atom stereocenters. The van der Waals surface area contributed by atoms with Crippen molar-refractivity contribution in [2.24, 2.45) is 5.10 Å². The summed E-state index contributed by atoms with van der Waals surface area (Å²) >= 11 is 0. The number of ether oxygens (including phenoxy) is 2. The number of aryl methyl sites for hydroxylation is 2. The lowest BCUT2D eigenvalue weighted by molar-refractivity contribution is 0.355. The van der Waals surface area contributed by atoms with Crippen molar-refractivity contribution in [3.63, 3.8) is 0 Å². The molecule has 32 heavy (non-hydrogen) atoms. The van der Waals surface area contributed by atoms with Crippen LogP contribution < -0.4 is 9.47 Å². The van der Waals surface area contributed by atoms with E-state index >= 15 is 0 Å². The number of rotatable bonds is 6. The van der Waals surface area contributed by atoms with Gasteiger partial charge in [-0.05, 0) is 49.7 Å². The topological polar surface area (TPSA) is 68.2 Å². The zero-order valence-corrected chi connectivity index (χ0v) is 19.4. The summed E-state index contributed by atoms with van der Waals surface area (Å²) < 4.78 is 39.1. The fourth-order valence-corrected chi connectivity index (χ4v) is 5.19. The highest BCUT2D eigenvalue weighted by Crippen LogP contribution is 2.38. The van der Waals surface area contributed by atoms with E-state index < -0.39 is 16.1 Å². The largest absolute Gasteiger partial charge is 0.493 e. The number of benzene rings is 3. The van der Waals surface area contributed by atoms with E-state index in [9.17, 15) is 8.42 Å². The number of hydrogen-bond donors (Lipinski definition) is 0. The van der Waals surface area contributed by atoms with Crippen LogP contribution in [-0.2, 0) is 10.0 Å². The molecule has 7 heteroatoms. The van der Waals surface area contributed by atoms with Crippen LogP contribution in [0.5, 0.6) is 11.5 Å². The third-order valence-corrected chi connectivity index (χ3v) is 7.31. The first-order valence-electron chi connectivity index (χ1n) is 10.3. The van der Waals surface area contributed by atoms with E-state index in [4.69, 9.17) is 9.47 Å². The molecule has 0 N–H and O–H groups in total. The molecule has 166 valence electrons. The average Bonchev–Trinajstić information content (AvgIpc) is 3.26. The third kappa shape index (κ3) is 4.08. The van der Waals surface area contributed by atoms with Gasteiger partial charge in [-0.25, -0.2) is 0 Å². The molecule has 3 aromatic rings. The van der Waals surface area contributed by atoms with E-state index in [1.54, 1.807) is 44.6 Å². The Morgan fingerprint density at radius 2 is 1.44 bits per heavy atom. The molecule has 0 bridgehead atoms. The van der Waals surface area contributed by atoms with Gasteiger partial charge >= 0.3 is 0 Å². The second-order valence-electron chi connectivity index (χ2n) is 7.84. The van der Waals surface area contributed by atoms with Crippen LogP contribution in [0.15, 0.2) is 76.7 Å². The lowest BCUT2D eigenvalue weighted by Gasteiger charge is -2.23. The maximum absolute atomic E-state index is 13.6. The van der Waals surface area contributed by atoms with Crippen LogP contribution in [0.25, 0.3) is 0 Å². The highest BCUT2D eigenvalue weighted by Gasteiger charge is 2.37. The molecule has 1 aliphatic heterocycles. The minimum Gasteiger partial charge on any atom is -0.493 e. The van der Waals surface area contributed by atoms with Crippen molar-refractivity contribution in [1.82, 2.24) is 4.41 Å². The number of sulfonamides is 1. The lowest BCUT2D eigenvalue weighted by atomic mass is 9.98. The van der Waals surface area contributed by atoms with Crippen LogP contribution in [0.4, 0.5) is 0 Å². The minimum atomic E-state index is -3.84. The zero-order chi connectivity index (χ0) is 22.9. The Morgan fingerprint density at radius 3 is 2.03 bits per heavy atom. The van der Waals surface area contributed by atoms with Crippen LogP contribution in [0.3, 0.4) is 0 Å². The number of methoxy groups -OCH3 is 2. The van der Waals surface area contributed by atoms with Crippen LogP contribution in [0.2, 0.25) is 0 Å². The molecular formula is C25H26N2O4S. The molecule has 0 saturated heterocycles. The van der Waals surface area contributed by atoms with E-state index in [1.807, 2.05) is 50.2 Å². The van der Waals surface area contributed by atoms with Crippen molar-refractivity contribution in [2.75, 3.05) is 14.2 Å². The van der Waals surface area contributed by atoms with Gasteiger partial charge in [-0.1, -0.05) is 47.5 Å². The highest BCUT2D eigenvalue weighted by molar-refractivity contribution is 7.89. The molecule has 0 amide bonds. The molecule has 3 aromatic carbocycles. The third-order valence-electron chi connectivity index (χ3n) is 5.62. The summed E-state index contributed by atoms with van der Waals surface area (Å²) in [5.74, 6) is 1.17. The van der Waals surface area contributed by atoms with E-state index in [2.05, 4.69) is 5.10 Å². The van der Waals surface area contributed by atoms with Gasteiger partial charge in [0.2, 0.25) is 0 Å². The van der Waals surface area contributed by atoms with E-state index in [0.717, 1.165) is 22.3 Å². The van der Waals surface area contributed by atoms with Crippen LogP contribution in [0, 0.1) is 13.8 Å². The van der Waals surface area contributed by atoms with E-state index in [1.165, 1.54) is 4.41 Å². The van der Waals surface area contributed by atoms with Gasteiger partial charge in [0.05, 0.1) is 30.9 Å². The second-order valence-corrected chi connectivity index (χ2v) is 9.63. The minimum absolute atomic E-state index is 0.220. The number of hydrazone groups is 1. The van der Waals surface area contributed by atoms with Gasteiger partial charge < -0.3 is 9.47 Å². The fourth-order valence-electron chi connectivity index (χ4n) is 3.76. The Balaban J connectivity index is 1.80. The normalized spacial score (nSPS) is 16.1. The van der Waals surface area contributed by atoms with Crippen molar-refractivity contribution in [1.29, 1.82) is 0 Å². The Kier molecular flexibility index (Phi) is 5.93. The molecule has 1 atom stereocenters. The molecule has 1 heterocycles. The summed E-state index contributed by atoms with van der Waals surface area (Å²) in [4.78, 5) is 0.220. The Hall–Kier alpha value is -3.32. The number of nitrogens with zero attached hydrogens (tertiary/aromatic N) is 2. The Bertz CT molecular complexity index is 1250.